The molecule has 1 aliphatic rings. The molecular weight excluding hydrogens is 160 g/mol. The largest absolute Gasteiger partial charge is 0.317 e. The van der Waals surface area contributed by atoms with Crippen molar-refractivity contribution in [2.24, 2.45) is 5.92 Å². The zero-order valence-electron chi connectivity index (χ0n) is 8.92. The predicted molar refractivity (Wildman–Crippen MR) is 57.9 cm³/mol. The maximum Gasteiger partial charge on any atom is 0.0160 e. The first-order chi connectivity index (χ1) is 6.27. The number of piperidine rings is 1. The third-order valence-corrected chi connectivity index (χ3v) is 3.18. The van der Waals surface area contributed by atoms with Crippen molar-refractivity contribution in [3.63, 3.8) is 0 Å². The molecule has 2 heteroatoms. The van der Waals surface area contributed by atoms with Crippen LogP contribution < -0.4 is 5.32 Å². The first-order valence-corrected chi connectivity index (χ1v) is 5.28. The molecule has 0 aromatic rings. The summed E-state index contributed by atoms with van der Waals surface area (Å²) >= 11 is 0. The van der Waals surface area contributed by atoms with Crippen molar-refractivity contribution >= 4 is 0 Å². The number of likely N-dealkylation sites (tertiary alicyclic amines) is 1. The van der Waals surface area contributed by atoms with Gasteiger partial charge in [0.2, 0.25) is 0 Å². The number of hydrogen-bond acceptors (Lipinski definition) is 2. The third kappa shape index (κ3) is 3.12. The van der Waals surface area contributed by atoms with Crippen molar-refractivity contribution in [2.75, 3.05) is 26.7 Å². The molecule has 76 valence electrons. The number of hydrogen-bond donors (Lipinski definition) is 1. The first kappa shape index (κ1) is 10.7. The molecule has 0 saturated carbocycles. The Bertz CT molecular complexity index is 148. The van der Waals surface area contributed by atoms with Crippen molar-refractivity contribution in [3.05, 3.63) is 12.7 Å². The predicted octanol–water partition coefficient (Wildman–Crippen LogP) is 1.49. The van der Waals surface area contributed by atoms with E-state index in [9.17, 15) is 0 Å². The first-order valence-electron chi connectivity index (χ1n) is 5.28. The summed E-state index contributed by atoms with van der Waals surface area (Å²) in [5.41, 5.74) is 0. The lowest BCUT2D eigenvalue weighted by molar-refractivity contribution is 0.178. The van der Waals surface area contributed by atoms with Crippen LogP contribution in [0.5, 0.6) is 0 Å². The molecule has 1 atom stereocenters. The highest BCUT2D eigenvalue weighted by Crippen LogP contribution is 2.19. The van der Waals surface area contributed by atoms with E-state index in [1.54, 1.807) is 0 Å². The van der Waals surface area contributed by atoms with E-state index in [1.165, 1.54) is 25.9 Å². The Labute approximate surface area is 82.0 Å². The maximum absolute atomic E-state index is 3.77. The zero-order valence-corrected chi connectivity index (χ0v) is 8.92. The van der Waals surface area contributed by atoms with E-state index in [4.69, 9.17) is 0 Å². The lowest BCUT2D eigenvalue weighted by Gasteiger charge is -2.34. The van der Waals surface area contributed by atoms with Gasteiger partial charge in [-0.3, -0.25) is 4.90 Å². The molecule has 1 aliphatic heterocycles. The zero-order chi connectivity index (χ0) is 9.68. The van der Waals surface area contributed by atoms with Crippen molar-refractivity contribution < 1.29 is 0 Å². The van der Waals surface area contributed by atoms with Crippen LogP contribution in [-0.2, 0) is 0 Å². The van der Waals surface area contributed by atoms with E-state index in [0.717, 1.165) is 12.5 Å². The molecule has 0 aliphatic carbocycles. The van der Waals surface area contributed by atoms with Crippen LogP contribution in [0.1, 0.15) is 19.8 Å². The molecule has 0 amide bonds. The number of rotatable bonds is 4. The molecule has 2 nitrogen and oxygen atoms in total. The van der Waals surface area contributed by atoms with Crippen molar-refractivity contribution in [1.82, 2.24) is 10.2 Å². The van der Waals surface area contributed by atoms with Gasteiger partial charge >= 0.3 is 0 Å². The fourth-order valence-electron chi connectivity index (χ4n) is 2.05. The lowest BCUT2D eigenvalue weighted by atomic mass is 9.90. The average Bonchev–Trinajstić information content (AvgIpc) is 2.18. The fraction of sp³-hybridized carbons (Fsp3) is 0.818. The Balaban J connectivity index is 2.25. The molecule has 1 heterocycles. The van der Waals surface area contributed by atoms with Crippen molar-refractivity contribution in [3.8, 4) is 0 Å². The van der Waals surface area contributed by atoms with Gasteiger partial charge in [0.05, 0.1) is 0 Å². The minimum atomic E-state index is 0.672. The van der Waals surface area contributed by atoms with Crippen LogP contribution in [0.3, 0.4) is 0 Å². The second-order valence-electron chi connectivity index (χ2n) is 4.00. The summed E-state index contributed by atoms with van der Waals surface area (Å²) in [7, 11) is 2.06. The van der Waals surface area contributed by atoms with E-state index in [-0.39, 0.29) is 0 Å². The Kier molecular flexibility index (Phi) is 4.46. The molecule has 1 fully saturated rings. The lowest BCUT2D eigenvalue weighted by Crippen LogP contribution is -2.40. The van der Waals surface area contributed by atoms with Gasteiger partial charge < -0.3 is 5.32 Å². The minimum Gasteiger partial charge on any atom is -0.317 e. The van der Waals surface area contributed by atoms with Crippen LogP contribution in [0.15, 0.2) is 12.7 Å². The van der Waals surface area contributed by atoms with Crippen LogP contribution in [-0.4, -0.2) is 37.6 Å². The van der Waals surface area contributed by atoms with Gasteiger partial charge in [0.25, 0.3) is 0 Å². The van der Waals surface area contributed by atoms with Gasteiger partial charge in [0, 0.05) is 12.6 Å². The summed E-state index contributed by atoms with van der Waals surface area (Å²) < 4.78 is 0. The molecule has 13 heavy (non-hydrogen) atoms. The van der Waals surface area contributed by atoms with E-state index in [1.807, 2.05) is 6.08 Å². The molecule has 1 rings (SSSR count). The molecule has 0 radical (unpaired) electrons. The molecule has 1 N–H and O–H groups in total. The Morgan fingerprint density at radius 2 is 2.15 bits per heavy atom. The summed E-state index contributed by atoms with van der Waals surface area (Å²) in [5, 5.41) is 3.34. The molecule has 1 unspecified atom stereocenters. The summed E-state index contributed by atoms with van der Waals surface area (Å²) in [6.45, 7) is 9.59. The van der Waals surface area contributed by atoms with Gasteiger partial charge in [0.1, 0.15) is 0 Å². The Morgan fingerprint density at radius 3 is 2.62 bits per heavy atom. The highest BCUT2D eigenvalue weighted by Gasteiger charge is 2.21. The minimum absolute atomic E-state index is 0.672. The Hall–Kier alpha value is -0.340. The van der Waals surface area contributed by atoms with E-state index in [2.05, 4.69) is 30.8 Å². The van der Waals surface area contributed by atoms with E-state index < -0.39 is 0 Å². The van der Waals surface area contributed by atoms with Crippen molar-refractivity contribution in [2.45, 2.75) is 25.8 Å². The molecule has 1 saturated heterocycles. The average molecular weight is 182 g/mol. The SMILES string of the molecule is C=CCN1CCC(C(C)NC)CC1. The highest BCUT2D eigenvalue weighted by atomic mass is 15.1. The molecule has 0 spiro atoms. The highest BCUT2D eigenvalue weighted by molar-refractivity contribution is 4.82. The van der Waals surface area contributed by atoms with Crippen LogP contribution in [0.2, 0.25) is 0 Å². The fourth-order valence-corrected chi connectivity index (χ4v) is 2.05. The Morgan fingerprint density at radius 1 is 1.54 bits per heavy atom. The van der Waals surface area contributed by atoms with Gasteiger partial charge in [-0.1, -0.05) is 6.08 Å². The number of nitrogens with zero attached hydrogens (tertiary/aromatic N) is 1. The topological polar surface area (TPSA) is 15.3 Å². The standard InChI is InChI=1S/C11H22N2/c1-4-7-13-8-5-11(6-9-13)10(2)12-3/h4,10-12H,1,5-9H2,2-3H3. The smallest absolute Gasteiger partial charge is 0.0160 e. The van der Waals surface area contributed by atoms with Crippen LogP contribution >= 0.6 is 0 Å². The second kappa shape index (κ2) is 5.40. The monoisotopic (exact) mass is 182 g/mol. The molecule has 0 bridgehead atoms. The van der Waals surface area contributed by atoms with Crippen molar-refractivity contribution in [1.29, 1.82) is 0 Å². The molecule has 0 aromatic heterocycles. The van der Waals surface area contributed by atoms with Gasteiger partial charge in [-0.15, -0.1) is 6.58 Å². The summed E-state index contributed by atoms with van der Waals surface area (Å²) in [5.74, 6) is 0.867. The van der Waals surface area contributed by atoms with E-state index in [0.29, 0.717) is 6.04 Å². The van der Waals surface area contributed by atoms with Crippen LogP contribution in [0.4, 0.5) is 0 Å². The summed E-state index contributed by atoms with van der Waals surface area (Å²) in [6.07, 6.45) is 4.66. The van der Waals surface area contributed by atoms with Gasteiger partial charge in [-0.2, -0.15) is 0 Å². The second-order valence-corrected chi connectivity index (χ2v) is 4.00. The third-order valence-electron chi connectivity index (χ3n) is 3.18. The van der Waals surface area contributed by atoms with Gasteiger partial charge in [0.15, 0.2) is 0 Å². The van der Waals surface area contributed by atoms with Crippen LogP contribution in [0, 0.1) is 5.92 Å². The quantitative estimate of drug-likeness (QED) is 0.663. The van der Waals surface area contributed by atoms with Gasteiger partial charge in [-0.25, -0.2) is 0 Å². The van der Waals surface area contributed by atoms with Crippen LogP contribution in [0.25, 0.3) is 0 Å². The van der Waals surface area contributed by atoms with E-state index >= 15 is 0 Å². The summed E-state index contributed by atoms with van der Waals surface area (Å²) in [6, 6.07) is 0.672. The summed E-state index contributed by atoms with van der Waals surface area (Å²) in [4.78, 5) is 2.48. The normalized spacial score (nSPS) is 22.9. The maximum atomic E-state index is 3.77. The molecular formula is C11H22N2. The number of nitrogens with one attached hydrogen (secondary N) is 1. The molecule has 0 aromatic carbocycles. The van der Waals surface area contributed by atoms with Gasteiger partial charge in [-0.05, 0) is 45.8 Å².